The number of ether oxygens (including phenoxy) is 1. The van der Waals surface area contributed by atoms with Crippen LogP contribution in [0.2, 0.25) is 5.02 Å². The van der Waals surface area contributed by atoms with Gasteiger partial charge in [0.15, 0.2) is 0 Å². The number of hydrogen-bond acceptors (Lipinski definition) is 4. The molecule has 1 aromatic carbocycles. The number of morpholine rings is 1. The van der Waals surface area contributed by atoms with Gasteiger partial charge in [0.25, 0.3) is 0 Å². The van der Waals surface area contributed by atoms with Gasteiger partial charge < -0.3 is 10.1 Å². The summed E-state index contributed by atoms with van der Waals surface area (Å²) in [6, 6.07) is 6.04. The minimum Gasteiger partial charge on any atom is -0.378 e. The van der Waals surface area contributed by atoms with Crippen LogP contribution >= 0.6 is 38.9 Å². The van der Waals surface area contributed by atoms with Crippen molar-refractivity contribution in [2.75, 3.05) is 19.8 Å². The van der Waals surface area contributed by atoms with Crippen molar-refractivity contribution in [3.63, 3.8) is 0 Å². The van der Waals surface area contributed by atoms with E-state index >= 15 is 0 Å². The van der Waals surface area contributed by atoms with Crippen molar-refractivity contribution < 1.29 is 4.74 Å². The zero-order valence-electron chi connectivity index (χ0n) is 10.0. The Bertz CT molecular complexity index is 584. The summed E-state index contributed by atoms with van der Waals surface area (Å²) in [6.45, 7) is 2.33. The maximum absolute atomic E-state index is 6.25. The Morgan fingerprint density at radius 1 is 1.47 bits per heavy atom. The highest BCUT2D eigenvalue weighted by Gasteiger charge is 2.19. The highest BCUT2D eigenvalue weighted by atomic mass is 79.9. The summed E-state index contributed by atoms with van der Waals surface area (Å²) in [5.74, 6) is 0. The molecule has 1 atom stereocenters. The third kappa shape index (κ3) is 3.01. The number of aromatic nitrogens is 1. The summed E-state index contributed by atoms with van der Waals surface area (Å²) < 4.78 is 6.43. The fourth-order valence-electron chi connectivity index (χ4n) is 1.99. The van der Waals surface area contributed by atoms with E-state index in [1.807, 2.05) is 23.6 Å². The zero-order chi connectivity index (χ0) is 13.2. The van der Waals surface area contributed by atoms with E-state index in [4.69, 9.17) is 16.3 Å². The van der Waals surface area contributed by atoms with Crippen LogP contribution in [0.15, 0.2) is 28.1 Å². The average Bonchev–Trinajstić information content (AvgIpc) is 2.89. The largest absolute Gasteiger partial charge is 0.378 e. The van der Waals surface area contributed by atoms with Gasteiger partial charge in [0, 0.05) is 22.0 Å². The van der Waals surface area contributed by atoms with Crippen LogP contribution in [0.25, 0.3) is 11.3 Å². The van der Waals surface area contributed by atoms with Gasteiger partial charge in [-0.15, -0.1) is 11.3 Å². The number of rotatable bonds is 2. The predicted octanol–water partition coefficient (Wildman–Crippen LogP) is 3.89. The summed E-state index contributed by atoms with van der Waals surface area (Å²) in [5.41, 5.74) is 1.88. The van der Waals surface area contributed by atoms with Gasteiger partial charge >= 0.3 is 0 Å². The molecule has 1 fully saturated rings. The van der Waals surface area contributed by atoms with Crippen LogP contribution in [0, 0.1) is 0 Å². The number of nitrogens with one attached hydrogen (secondary N) is 1. The number of nitrogens with zero attached hydrogens (tertiary/aromatic N) is 1. The van der Waals surface area contributed by atoms with E-state index in [0.29, 0.717) is 11.6 Å². The molecule has 0 spiro atoms. The molecule has 6 heteroatoms. The summed E-state index contributed by atoms with van der Waals surface area (Å²) in [7, 11) is 0. The first kappa shape index (κ1) is 13.5. The summed E-state index contributed by atoms with van der Waals surface area (Å²) in [5, 5.41) is 7.21. The molecule has 1 aromatic heterocycles. The Balaban J connectivity index is 1.87. The lowest BCUT2D eigenvalue weighted by atomic mass is 10.2. The Labute approximate surface area is 129 Å². The second-order valence-electron chi connectivity index (χ2n) is 4.28. The normalized spacial score (nSPS) is 19.6. The van der Waals surface area contributed by atoms with Crippen LogP contribution < -0.4 is 5.32 Å². The molecule has 1 saturated heterocycles. The molecule has 19 heavy (non-hydrogen) atoms. The highest BCUT2D eigenvalue weighted by Crippen LogP contribution is 2.32. The van der Waals surface area contributed by atoms with Crippen molar-refractivity contribution in [2.45, 2.75) is 6.04 Å². The standard InChI is InChI=1S/C13H12BrClN2OS/c14-8-1-2-9(10(15)5-8)12-7-19-13(17-12)11-6-18-4-3-16-11/h1-2,5,7,11,16H,3-4,6H2. The number of hydrogen-bond donors (Lipinski definition) is 1. The molecule has 0 bridgehead atoms. The van der Waals surface area contributed by atoms with Crippen LogP contribution in [0.3, 0.4) is 0 Å². The summed E-state index contributed by atoms with van der Waals surface area (Å²) >= 11 is 11.3. The molecule has 2 aromatic rings. The fraction of sp³-hybridized carbons (Fsp3) is 0.308. The molecule has 3 rings (SSSR count). The summed E-state index contributed by atoms with van der Waals surface area (Å²) in [4.78, 5) is 4.67. The van der Waals surface area contributed by atoms with Gasteiger partial charge in [-0.2, -0.15) is 0 Å². The van der Waals surface area contributed by atoms with E-state index in [2.05, 4.69) is 26.2 Å². The molecule has 2 heterocycles. The first-order valence-corrected chi connectivity index (χ1v) is 8.01. The van der Waals surface area contributed by atoms with Gasteiger partial charge in [-0.3, -0.25) is 0 Å². The van der Waals surface area contributed by atoms with Crippen LogP contribution in [-0.2, 0) is 4.74 Å². The van der Waals surface area contributed by atoms with Crippen molar-refractivity contribution in [1.82, 2.24) is 10.3 Å². The third-order valence-electron chi connectivity index (χ3n) is 2.95. The molecule has 1 aliphatic rings. The van der Waals surface area contributed by atoms with Crippen LogP contribution in [0.1, 0.15) is 11.0 Å². The predicted molar refractivity (Wildman–Crippen MR) is 81.8 cm³/mol. The van der Waals surface area contributed by atoms with Gasteiger partial charge in [0.05, 0.1) is 30.0 Å². The Morgan fingerprint density at radius 2 is 2.37 bits per heavy atom. The lowest BCUT2D eigenvalue weighted by Crippen LogP contribution is -2.34. The molecule has 100 valence electrons. The quantitative estimate of drug-likeness (QED) is 0.883. The topological polar surface area (TPSA) is 34.1 Å². The first-order valence-electron chi connectivity index (χ1n) is 5.96. The van der Waals surface area contributed by atoms with E-state index in [1.165, 1.54) is 0 Å². The zero-order valence-corrected chi connectivity index (χ0v) is 13.2. The number of thiazole rings is 1. The molecular weight excluding hydrogens is 348 g/mol. The minimum atomic E-state index is 0.196. The molecule has 0 amide bonds. The third-order valence-corrected chi connectivity index (χ3v) is 4.71. The number of halogens is 2. The van der Waals surface area contributed by atoms with E-state index in [-0.39, 0.29) is 6.04 Å². The molecule has 1 N–H and O–H groups in total. The minimum absolute atomic E-state index is 0.196. The van der Waals surface area contributed by atoms with Gasteiger partial charge in [-0.05, 0) is 12.1 Å². The van der Waals surface area contributed by atoms with Crippen LogP contribution in [0.4, 0.5) is 0 Å². The molecule has 0 aliphatic carbocycles. The monoisotopic (exact) mass is 358 g/mol. The van der Waals surface area contributed by atoms with E-state index < -0.39 is 0 Å². The SMILES string of the molecule is Clc1cc(Br)ccc1-c1csc(C2COCCN2)n1. The highest BCUT2D eigenvalue weighted by molar-refractivity contribution is 9.10. The molecular formula is C13H12BrClN2OS. The Morgan fingerprint density at radius 3 is 3.11 bits per heavy atom. The van der Waals surface area contributed by atoms with Crippen molar-refractivity contribution in [1.29, 1.82) is 0 Å². The maximum atomic E-state index is 6.25. The summed E-state index contributed by atoms with van der Waals surface area (Å²) in [6.07, 6.45) is 0. The van der Waals surface area contributed by atoms with Crippen LogP contribution in [-0.4, -0.2) is 24.7 Å². The van der Waals surface area contributed by atoms with E-state index in [1.54, 1.807) is 11.3 Å². The van der Waals surface area contributed by atoms with Gasteiger partial charge in [0.1, 0.15) is 5.01 Å². The lowest BCUT2D eigenvalue weighted by molar-refractivity contribution is 0.0768. The van der Waals surface area contributed by atoms with Gasteiger partial charge in [-0.25, -0.2) is 4.98 Å². The molecule has 1 unspecified atom stereocenters. The van der Waals surface area contributed by atoms with Crippen molar-refractivity contribution in [3.8, 4) is 11.3 Å². The number of benzene rings is 1. The second kappa shape index (κ2) is 5.89. The van der Waals surface area contributed by atoms with E-state index in [0.717, 1.165) is 33.9 Å². The van der Waals surface area contributed by atoms with Crippen molar-refractivity contribution >= 4 is 38.9 Å². The maximum Gasteiger partial charge on any atom is 0.113 e. The lowest BCUT2D eigenvalue weighted by Gasteiger charge is -2.21. The van der Waals surface area contributed by atoms with Crippen LogP contribution in [0.5, 0.6) is 0 Å². The molecule has 0 radical (unpaired) electrons. The van der Waals surface area contributed by atoms with Gasteiger partial charge in [-0.1, -0.05) is 33.6 Å². The fourth-order valence-corrected chi connectivity index (χ4v) is 3.64. The van der Waals surface area contributed by atoms with Crippen molar-refractivity contribution in [2.24, 2.45) is 0 Å². The Hall–Kier alpha value is -0.460. The van der Waals surface area contributed by atoms with Crippen molar-refractivity contribution in [3.05, 3.63) is 38.1 Å². The molecule has 0 saturated carbocycles. The molecule has 1 aliphatic heterocycles. The second-order valence-corrected chi connectivity index (χ2v) is 6.49. The average molecular weight is 360 g/mol. The van der Waals surface area contributed by atoms with Gasteiger partial charge in [0.2, 0.25) is 0 Å². The molecule has 3 nitrogen and oxygen atoms in total. The van der Waals surface area contributed by atoms with E-state index in [9.17, 15) is 0 Å². The Kier molecular flexibility index (Phi) is 4.19. The smallest absolute Gasteiger partial charge is 0.113 e. The first-order chi connectivity index (χ1) is 9.24.